The van der Waals surface area contributed by atoms with Crippen LogP contribution in [0.4, 0.5) is 4.53 Å². The number of aromatic nitrogens is 1. The predicted molar refractivity (Wildman–Crippen MR) is 55.7 cm³/mol. The van der Waals surface area contributed by atoms with E-state index < -0.39 is 5.97 Å². The molecule has 1 N–H and O–H groups in total. The number of hydrogen-bond acceptors (Lipinski definition) is 4. The SMILES string of the molecule is CC.O=C(OF)c1cc(Br)cc(CO)n1. The summed E-state index contributed by atoms with van der Waals surface area (Å²) in [5, 5.41) is 8.71. The quantitative estimate of drug-likeness (QED) is 0.903. The van der Waals surface area contributed by atoms with Gasteiger partial charge in [-0.3, -0.25) is 0 Å². The first-order valence-corrected chi connectivity index (χ1v) is 5.07. The second-order valence-corrected chi connectivity index (χ2v) is 3.10. The average molecular weight is 280 g/mol. The van der Waals surface area contributed by atoms with Crippen LogP contribution in [-0.4, -0.2) is 16.1 Å². The number of rotatable bonds is 2. The standard InChI is InChI=1S/C7H5BrFNO3.C2H6/c8-4-1-5(3-11)10-6(2-4)7(12)13-9;1-2/h1-2,11H,3H2;1-2H3. The molecule has 0 aliphatic carbocycles. The molecular weight excluding hydrogens is 269 g/mol. The lowest BCUT2D eigenvalue weighted by Gasteiger charge is -1.99. The summed E-state index contributed by atoms with van der Waals surface area (Å²) in [5.41, 5.74) is 0.0655. The van der Waals surface area contributed by atoms with Crippen molar-refractivity contribution in [3.63, 3.8) is 0 Å². The number of carbonyl (C=O) groups excluding carboxylic acids is 1. The number of aliphatic hydroxyl groups is 1. The maximum absolute atomic E-state index is 11.5. The molecule has 1 aromatic heterocycles. The monoisotopic (exact) mass is 279 g/mol. The van der Waals surface area contributed by atoms with Gasteiger partial charge >= 0.3 is 5.97 Å². The van der Waals surface area contributed by atoms with Gasteiger partial charge in [-0.2, -0.15) is 0 Å². The molecule has 0 bridgehead atoms. The van der Waals surface area contributed by atoms with E-state index in [0.29, 0.717) is 4.47 Å². The van der Waals surface area contributed by atoms with E-state index >= 15 is 0 Å². The first-order chi connectivity index (χ1) is 7.17. The third kappa shape index (κ3) is 4.35. The van der Waals surface area contributed by atoms with Crippen molar-refractivity contribution < 1.29 is 19.4 Å². The van der Waals surface area contributed by atoms with Crippen LogP contribution >= 0.6 is 15.9 Å². The molecule has 0 atom stereocenters. The number of aliphatic hydroxyl groups excluding tert-OH is 1. The van der Waals surface area contributed by atoms with Crippen molar-refractivity contribution in [3.05, 3.63) is 28.0 Å². The fourth-order valence-electron chi connectivity index (χ4n) is 0.776. The number of halogens is 2. The minimum absolute atomic E-state index is 0.194. The van der Waals surface area contributed by atoms with Gasteiger partial charge in [0, 0.05) is 9.00 Å². The lowest BCUT2D eigenvalue weighted by molar-refractivity contribution is -0.0793. The van der Waals surface area contributed by atoms with Crippen LogP contribution in [0.15, 0.2) is 16.6 Å². The summed E-state index contributed by atoms with van der Waals surface area (Å²) in [6.07, 6.45) is 0. The Morgan fingerprint density at radius 1 is 1.60 bits per heavy atom. The molecule has 0 fully saturated rings. The maximum Gasteiger partial charge on any atom is 0.397 e. The molecule has 0 saturated carbocycles. The minimum atomic E-state index is -1.18. The Hall–Kier alpha value is -1.01. The fraction of sp³-hybridized carbons (Fsp3) is 0.333. The van der Waals surface area contributed by atoms with Crippen LogP contribution in [0.25, 0.3) is 0 Å². The lowest BCUT2D eigenvalue weighted by Crippen LogP contribution is -2.04. The van der Waals surface area contributed by atoms with E-state index in [1.807, 2.05) is 13.8 Å². The number of nitrogens with zero attached hydrogens (tertiary/aromatic N) is 1. The van der Waals surface area contributed by atoms with Crippen molar-refractivity contribution in [1.82, 2.24) is 4.98 Å². The van der Waals surface area contributed by atoms with Gasteiger partial charge in [0.2, 0.25) is 0 Å². The highest BCUT2D eigenvalue weighted by molar-refractivity contribution is 9.10. The molecule has 0 spiro atoms. The molecule has 0 radical (unpaired) electrons. The van der Waals surface area contributed by atoms with E-state index in [9.17, 15) is 9.32 Å². The molecule has 0 aliphatic heterocycles. The minimum Gasteiger partial charge on any atom is -0.390 e. The molecular formula is C9H11BrFNO3. The van der Waals surface area contributed by atoms with Crippen LogP contribution in [0.1, 0.15) is 30.0 Å². The summed E-state index contributed by atoms with van der Waals surface area (Å²) in [7, 11) is 0. The van der Waals surface area contributed by atoms with Gasteiger partial charge in [-0.05, 0) is 12.1 Å². The summed E-state index contributed by atoms with van der Waals surface area (Å²) in [5.74, 6) is -1.18. The molecule has 1 rings (SSSR count). The highest BCUT2D eigenvalue weighted by Gasteiger charge is 2.11. The van der Waals surface area contributed by atoms with Gasteiger partial charge in [0.05, 0.1) is 12.3 Å². The second-order valence-electron chi connectivity index (χ2n) is 2.18. The Morgan fingerprint density at radius 3 is 2.67 bits per heavy atom. The highest BCUT2D eigenvalue weighted by atomic mass is 79.9. The van der Waals surface area contributed by atoms with Crippen LogP contribution in [0.2, 0.25) is 0 Å². The van der Waals surface area contributed by atoms with Crippen LogP contribution in [0.3, 0.4) is 0 Å². The van der Waals surface area contributed by atoms with E-state index in [0.717, 1.165) is 0 Å². The Morgan fingerprint density at radius 2 is 2.20 bits per heavy atom. The molecule has 0 unspecified atom stereocenters. The van der Waals surface area contributed by atoms with Gasteiger partial charge in [0.15, 0.2) is 5.69 Å². The van der Waals surface area contributed by atoms with E-state index in [4.69, 9.17) is 5.11 Å². The van der Waals surface area contributed by atoms with Crippen LogP contribution < -0.4 is 0 Å². The van der Waals surface area contributed by atoms with Gasteiger partial charge in [-0.15, -0.1) is 0 Å². The molecule has 0 saturated heterocycles. The Balaban J connectivity index is 0.000000921. The van der Waals surface area contributed by atoms with Crippen LogP contribution in [0.5, 0.6) is 0 Å². The molecule has 0 amide bonds. The van der Waals surface area contributed by atoms with Crippen molar-refractivity contribution in [2.75, 3.05) is 0 Å². The van der Waals surface area contributed by atoms with E-state index in [1.54, 1.807) is 0 Å². The zero-order valence-corrected chi connectivity index (χ0v) is 9.91. The van der Waals surface area contributed by atoms with Crippen molar-refractivity contribution in [2.45, 2.75) is 20.5 Å². The van der Waals surface area contributed by atoms with E-state index in [2.05, 4.69) is 25.9 Å². The third-order valence-electron chi connectivity index (χ3n) is 1.28. The Bertz CT molecular complexity index is 333. The summed E-state index contributed by atoms with van der Waals surface area (Å²) >= 11 is 3.07. The number of carbonyl (C=O) groups is 1. The normalized spacial score (nSPS) is 8.87. The third-order valence-corrected chi connectivity index (χ3v) is 1.74. The first-order valence-electron chi connectivity index (χ1n) is 4.27. The van der Waals surface area contributed by atoms with Crippen molar-refractivity contribution in [2.24, 2.45) is 0 Å². The second kappa shape index (κ2) is 7.30. The van der Waals surface area contributed by atoms with Crippen molar-refractivity contribution in [3.8, 4) is 0 Å². The largest absolute Gasteiger partial charge is 0.397 e. The molecule has 84 valence electrons. The topological polar surface area (TPSA) is 59.4 Å². The number of hydrogen-bond donors (Lipinski definition) is 1. The van der Waals surface area contributed by atoms with E-state index in [1.165, 1.54) is 12.1 Å². The van der Waals surface area contributed by atoms with Gasteiger partial charge in [0.25, 0.3) is 0 Å². The zero-order valence-electron chi connectivity index (χ0n) is 8.33. The fourth-order valence-corrected chi connectivity index (χ4v) is 1.26. The van der Waals surface area contributed by atoms with Crippen molar-refractivity contribution in [1.29, 1.82) is 0 Å². The van der Waals surface area contributed by atoms with Gasteiger partial charge < -0.3 is 5.11 Å². The summed E-state index contributed by atoms with van der Waals surface area (Å²) < 4.78 is 12.0. The summed E-state index contributed by atoms with van der Waals surface area (Å²) in [6.45, 7) is 3.67. The molecule has 1 heterocycles. The van der Waals surface area contributed by atoms with Crippen molar-refractivity contribution >= 4 is 21.9 Å². The molecule has 6 heteroatoms. The zero-order chi connectivity index (χ0) is 11.8. The summed E-state index contributed by atoms with van der Waals surface area (Å²) in [4.78, 5) is 17.3. The summed E-state index contributed by atoms with van der Waals surface area (Å²) in [6, 6.07) is 2.80. The van der Waals surface area contributed by atoms with Crippen LogP contribution in [-0.2, 0) is 11.5 Å². The number of pyridine rings is 1. The molecule has 15 heavy (non-hydrogen) atoms. The Labute approximate surface area is 95.1 Å². The van der Waals surface area contributed by atoms with E-state index in [-0.39, 0.29) is 18.0 Å². The maximum atomic E-state index is 11.5. The Kier molecular flexibility index (Phi) is 6.81. The van der Waals surface area contributed by atoms with Crippen LogP contribution in [0, 0.1) is 0 Å². The van der Waals surface area contributed by atoms with Gasteiger partial charge in [0.1, 0.15) is 0 Å². The molecule has 1 aromatic rings. The smallest absolute Gasteiger partial charge is 0.390 e. The average Bonchev–Trinajstić information content (AvgIpc) is 2.29. The lowest BCUT2D eigenvalue weighted by atomic mass is 10.3. The first kappa shape index (κ1) is 14.0. The van der Waals surface area contributed by atoms with Gasteiger partial charge in [-0.1, -0.05) is 29.8 Å². The highest BCUT2D eigenvalue weighted by Crippen LogP contribution is 2.13. The van der Waals surface area contributed by atoms with Gasteiger partial charge in [-0.25, -0.2) is 14.7 Å². The molecule has 0 aromatic carbocycles. The molecule has 4 nitrogen and oxygen atoms in total. The predicted octanol–water partition coefficient (Wildman–Crippen LogP) is 2.40. The molecule has 0 aliphatic rings.